The van der Waals surface area contributed by atoms with Crippen LogP contribution >= 0.6 is 0 Å². The molecule has 1 aromatic rings. The zero-order valence-electron chi connectivity index (χ0n) is 12.5. The van der Waals surface area contributed by atoms with Gasteiger partial charge in [0.25, 0.3) is 5.91 Å². The SMILES string of the molecule is Cc1ccc(OCC(=O)N2CCC(C)CC2)cc1C(=O)O. The quantitative estimate of drug-likeness (QED) is 0.924. The number of carbonyl (C=O) groups excluding carboxylic acids is 1. The van der Waals surface area contributed by atoms with Gasteiger partial charge in [0.05, 0.1) is 5.56 Å². The maximum absolute atomic E-state index is 12.0. The van der Waals surface area contributed by atoms with E-state index in [2.05, 4.69) is 6.92 Å². The normalized spacial score (nSPS) is 15.8. The summed E-state index contributed by atoms with van der Waals surface area (Å²) in [5.41, 5.74) is 0.873. The Morgan fingerprint density at radius 3 is 2.62 bits per heavy atom. The van der Waals surface area contributed by atoms with Crippen molar-refractivity contribution in [2.45, 2.75) is 26.7 Å². The van der Waals surface area contributed by atoms with E-state index < -0.39 is 5.97 Å². The van der Waals surface area contributed by atoms with Gasteiger partial charge in [-0.05, 0) is 43.4 Å². The highest BCUT2D eigenvalue weighted by molar-refractivity contribution is 5.89. The Morgan fingerprint density at radius 1 is 1.33 bits per heavy atom. The van der Waals surface area contributed by atoms with E-state index in [1.165, 1.54) is 6.07 Å². The summed E-state index contributed by atoms with van der Waals surface area (Å²) in [5, 5.41) is 9.07. The zero-order chi connectivity index (χ0) is 15.4. The summed E-state index contributed by atoms with van der Waals surface area (Å²) in [6.07, 6.45) is 2.05. The average molecular weight is 291 g/mol. The third-order valence-corrected chi connectivity index (χ3v) is 3.94. The standard InChI is InChI=1S/C16H21NO4/c1-11-5-7-17(8-6-11)15(18)10-21-13-4-3-12(2)14(9-13)16(19)20/h3-4,9,11H,5-8,10H2,1-2H3,(H,19,20). The molecule has 0 bridgehead atoms. The molecule has 1 aromatic carbocycles. The highest BCUT2D eigenvalue weighted by Crippen LogP contribution is 2.19. The molecule has 0 atom stereocenters. The lowest BCUT2D eigenvalue weighted by Gasteiger charge is -2.30. The Balaban J connectivity index is 1.92. The Kier molecular flexibility index (Phi) is 4.83. The molecule has 1 heterocycles. The number of aromatic carboxylic acids is 1. The summed E-state index contributed by atoms with van der Waals surface area (Å²) in [6, 6.07) is 4.84. The van der Waals surface area contributed by atoms with Crippen LogP contribution in [0.2, 0.25) is 0 Å². The molecule has 1 saturated heterocycles. The van der Waals surface area contributed by atoms with Gasteiger partial charge >= 0.3 is 5.97 Å². The van der Waals surface area contributed by atoms with Crippen LogP contribution in [0.5, 0.6) is 5.75 Å². The van der Waals surface area contributed by atoms with Crippen LogP contribution in [0.15, 0.2) is 18.2 Å². The monoisotopic (exact) mass is 291 g/mol. The predicted molar refractivity (Wildman–Crippen MR) is 78.6 cm³/mol. The summed E-state index contributed by atoms with van der Waals surface area (Å²) in [5.74, 6) is 0.0514. The van der Waals surface area contributed by atoms with Crippen LogP contribution in [-0.4, -0.2) is 41.6 Å². The molecule has 1 fully saturated rings. The molecule has 1 amide bonds. The Bertz CT molecular complexity index is 533. The molecule has 0 aliphatic carbocycles. The summed E-state index contributed by atoms with van der Waals surface area (Å²) in [4.78, 5) is 24.9. The van der Waals surface area contributed by atoms with Gasteiger partial charge in [-0.15, -0.1) is 0 Å². The van der Waals surface area contributed by atoms with Crippen LogP contribution in [0.1, 0.15) is 35.7 Å². The van der Waals surface area contributed by atoms with Gasteiger partial charge in [-0.3, -0.25) is 4.79 Å². The van der Waals surface area contributed by atoms with Crippen molar-refractivity contribution >= 4 is 11.9 Å². The lowest BCUT2D eigenvalue weighted by atomic mass is 9.99. The fraction of sp³-hybridized carbons (Fsp3) is 0.500. The summed E-state index contributed by atoms with van der Waals surface area (Å²) in [6.45, 7) is 5.43. The maximum Gasteiger partial charge on any atom is 0.336 e. The zero-order valence-corrected chi connectivity index (χ0v) is 12.5. The van der Waals surface area contributed by atoms with E-state index in [1.54, 1.807) is 19.1 Å². The van der Waals surface area contributed by atoms with E-state index in [-0.39, 0.29) is 18.1 Å². The smallest absolute Gasteiger partial charge is 0.336 e. The molecular weight excluding hydrogens is 270 g/mol. The lowest BCUT2D eigenvalue weighted by molar-refractivity contribution is -0.134. The topological polar surface area (TPSA) is 66.8 Å². The Hall–Kier alpha value is -2.04. The number of likely N-dealkylation sites (tertiary alicyclic amines) is 1. The lowest BCUT2D eigenvalue weighted by Crippen LogP contribution is -2.40. The van der Waals surface area contributed by atoms with Crippen molar-refractivity contribution in [1.29, 1.82) is 0 Å². The average Bonchev–Trinajstić information content (AvgIpc) is 2.46. The molecule has 21 heavy (non-hydrogen) atoms. The number of hydrogen-bond donors (Lipinski definition) is 1. The molecule has 114 valence electrons. The number of rotatable bonds is 4. The van der Waals surface area contributed by atoms with E-state index >= 15 is 0 Å². The van der Waals surface area contributed by atoms with Crippen molar-refractivity contribution in [3.8, 4) is 5.75 Å². The second-order valence-corrected chi connectivity index (χ2v) is 5.63. The minimum Gasteiger partial charge on any atom is -0.484 e. The first-order chi connectivity index (χ1) is 9.97. The van der Waals surface area contributed by atoms with Gasteiger partial charge in [0.2, 0.25) is 0 Å². The van der Waals surface area contributed by atoms with Crippen LogP contribution in [0, 0.1) is 12.8 Å². The maximum atomic E-state index is 12.0. The van der Waals surface area contributed by atoms with Crippen molar-refractivity contribution in [3.63, 3.8) is 0 Å². The van der Waals surface area contributed by atoms with Gasteiger partial charge in [-0.1, -0.05) is 13.0 Å². The van der Waals surface area contributed by atoms with Crippen LogP contribution in [-0.2, 0) is 4.79 Å². The van der Waals surface area contributed by atoms with Crippen molar-refractivity contribution in [3.05, 3.63) is 29.3 Å². The third-order valence-electron chi connectivity index (χ3n) is 3.94. The molecule has 2 rings (SSSR count). The first-order valence-electron chi connectivity index (χ1n) is 7.22. The first-order valence-corrected chi connectivity index (χ1v) is 7.22. The van der Waals surface area contributed by atoms with Crippen LogP contribution in [0.4, 0.5) is 0 Å². The highest BCUT2D eigenvalue weighted by Gasteiger charge is 2.20. The van der Waals surface area contributed by atoms with Crippen LogP contribution < -0.4 is 4.74 Å². The molecule has 1 aliphatic heterocycles. The molecule has 0 unspecified atom stereocenters. The van der Waals surface area contributed by atoms with Gasteiger partial charge in [0.1, 0.15) is 5.75 Å². The van der Waals surface area contributed by atoms with E-state index in [1.807, 2.05) is 4.90 Å². The first kappa shape index (κ1) is 15.4. The van der Waals surface area contributed by atoms with Gasteiger partial charge in [0.15, 0.2) is 6.61 Å². The Morgan fingerprint density at radius 2 is 2.00 bits per heavy atom. The Labute approximate surface area is 124 Å². The van der Waals surface area contributed by atoms with Crippen molar-refractivity contribution in [1.82, 2.24) is 4.90 Å². The van der Waals surface area contributed by atoms with Gasteiger partial charge in [0, 0.05) is 13.1 Å². The minimum atomic E-state index is -0.991. The number of piperidine rings is 1. The van der Waals surface area contributed by atoms with Crippen molar-refractivity contribution in [2.24, 2.45) is 5.92 Å². The van der Waals surface area contributed by atoms with E-state index in [0.29, 0.717) is 17.2 Å². The number of carbonyl (C=O) groups is 2. The molecule has 0 saturated carbocycles. The number of aryl methyl sites for hydroxylation is 1. The number of hydrogen-bond acceptors (Lipinski definition) is 3. The van der Waals surface area contributed by atoms with Crippen LogP contribution in [0.3, 0.4) is 0 Å². The van der Waals surface area contributed by atoms with Crippen LogP contribution in [0.25, 0.3) is 0 Å². The molecule has 0 radical (unpaired) electrons. The van der Waals surface area contributed by atoms with Crippen molar-refractivity contribution in [2.75, 3.05) is 19.7 Å². The highest BCUT2D eigenvalue weighted by atomic mass is 16.5. The molecular formula is C16H21NO4. The van der Waals surface area contributed by atoms with Gasteiger partial charge < -0.3 is 14.7 Å². The third kappa shape index (κ3) is 3.97. The number of amides is 1. The van der Waals surface area contributed by atoms with Gasteiger partial charge in [-0.25, -0.2) is 4.79 Å². The second kappa shape index (κ2) is 6.61. The van der Waals surface area contributed by atoms with E-state index in [4.69, 9.17) is 9.84 Å². The summed E-state index contributed by atoms with van der Waals surface area (Å²) in [7, 11) is 0. The fourth-order valence-corrected chi connectivity index (χ4v) is 2.42. The molecule has 5 heteroatoms. The summed E-state index contributed by atoms with van der Waals surface area (Å²) >= 11 is 0. The number of carboxylic acids is 1. The second-order valence-electron chi connectivity index (χ2n) is 5.63. The number of nitrogens with zero attached hydrogens (tertiary/aromatic N) is 1. The molecule has 0 aromatic heterocycles. The van der Waals surface area contributed by atoms with Gasteiger partial charge in [-0.2, -0.15) is 0 Å². The van der Waals surface area contributed by atoms with Crippen molar-refractivity contribution < 1.29 is 19.4 Å². The largest absolute Gasteiger partial charge is 0.484 e. The number of ether oxygens (including phenoxy) is 1. The molecule has 1 aliphatic rings. The number of benzene rings is 1. The molecule has 0 spiro atoms. The number of carboxylic acid groups (broad SMARTS) is 1. The fourth-order valence-electron chi connectivity index (χ4n) is 2.42. The van der Waals surface area contributed by atoms with E-state index in [0.717, 1.165) is 25.9 Å². The predicted octanol–water partition coefficient (Wildman–Crippen LogP) is 2.33. The molecule has 1 N–H and O–H groups in total. The molecule has 5 nitrogen and oxygen atoms in total. The summed E-state index contributed by atoms with van der Waals surface area (Å²) < 4.78 is 5.44. The minimum absolute atomic E-state index is 0.0423. The van der Waals surface area contributed by atoms with E-state index in [9.17, 15) is 9.59 Å².